The average molecular weight is 385 g/mol. The van der Waals surface area contributed by atoms with E-state index in [1.807, 2.05) is 35.8 Å². The minimum atomic E-state index is -0.691. The number of hydrogen-bond acceptors (Lipinski definition) is 6. The molecule has 2 aromatic heterocycles. The van der Waals surface area contributed by atoms with Crippen LogP contribution in [0, 0.1) is 6.92 Å². The molecular formula is C18H19N5O3S. The lowest BCUT2D eigenvalue weighted by Crippen LogP contribution is -2.41. The topological polar surface area (TPSA) is 105 Å². The lowest BCUT2D eigenvalue weighted by atomic mass is 10.2. The maximum atomic E-state index is 12.6. The molecule has 0 atom stereocenters. The van der Waals surface area contributed by atoms with Crippen molar-refractivity contribution in [2.45, 2.75) is 12.1 Å². The maximum Gasteiger partial charge on any atom is 0.332 e. The van der Waals surface area contributed by atoms with E-state index in [0.29, 0.717) is 5.16 Å². The number of carbonyl (C=O) groups is 1. The zero-order valence-corrected chi connectivity index (χ0v) is 16.0. The Balaban J connectivity index is 1.88. The van der Waals surface area contributed by atoms with Crippen LogP contribution in [0.4, 0.5) is 5.82 Å². The summed E-state index contributed by atoms with van der Waals surface area (Å²) in [5, 5.41) is 0.620. The molecule has 27 heavy (non-hydrogen) atoms. The van der Waals surface area contributed by atoms with E-state index in [1.54, 1.807) is 12.4 Å². The van der Waals surface area contributed by atoms with Crippen molar-refractivity contribution in [3.63, 3.8) is 0 Å². The quantitative estimate of drug-likeness (QED) is 0.522. The predicted octanol–water partition coefficient (Wildman–Crippen LogP) is 1.14. The number of nitrogens with zero attached hydrogens (tertiary/aromatic N) is 4. The number of benzene rings is 1. The highest BCUT2D eigenvalue weighted by atomic mass is 32.2. The van der Waals surface area contributed by atoms with Gasteiger partial charge in [-0.25, -0.2) is 9.78 Å². The summed E-state index contributed by atoms with van der Waals surface area (Å²) < 4.78 is 3.84. The van der Waals surface area contributed by atoms with Crippen LogP contribution in [0.1, 0.15) is 15.9 Å². The van der Waals surface area contributed by atoms with Gasteiger partial charge < -0.3 is 5.73 Å². The Morgan fingerprint density at radius 1 is 1.22 bits per heavy atom. The van der Waals surface area contributed by atoms with Crippen LogP contribution in [0.3, 0.4) is 0 Å². The van der Waals surface area contributed by atoms with Crippen LogP contribution < -0.4 is 17.0 Å². The number of thioether (sulfide) groups is 1. The molecule has 2 heterocycles. The number of Topliss-reactive ketones (excluding diaryl/α,β-unsaturated/α-hetero) is 1. The first-order chi connectivity index (χ1) is 12.8. The highest BCUT2D eigenvalue weighted by molar-refractivity contribution is 7.99. The number of anilines is 1. The van der Waals surface area contributed by atoms with Crippen LogP contribution >= 0.6 is 11.8 Å². The summed E-state index contributed by atoms with van der Waals surface area (Å²) in [5.41, 5.74) is 6.43. The van der Waals surface area contributed by atoms with Crippen LogP contribution in [0.15, 0.2) is 51.4 Å². The number of hydrogen-bond donors (Lipinski definition) is 1. The fourth-order valence-corrected chi connectivity index (χ4v) is 3.54. The molecule has 0 aliphatic heterocycles. The molecule has 0 radical (unpaired) electrons. The van der Waals surface area contributed by atoms with Crippen LogP contribution in [0.2, 0.25) is 0 Å². The molecule has 0 fully saturated rings. The first-order valence-corrected chi connectivity index (χ1v) is 9.11. The molecule has 3 aromatic rings. The second kappa shape index (κ2) is 7.28. The number of nitrogens with two attached hydrogens (primary N) is 1. The predicted molar refractivity (Wildman–Crippen MR) is 105 cm³/mol. The summed E-state index contributed by atoms with van der Waals surface area (Å²) in [6, 6.07) is 7.89. The second-order valence-electron chi connectivity index (χ2n) is 6.10. The molecule has 0 bridgehead atoms. The number of aromatic nitrogens is 4. The van der Waals surface area contributed by atoms with Crippen molar-refractivity contribution in [1.82, 2.24) is 18.7 Å². The van der Waals surface area contributed by atoms with E-state index in [2.05, 4.69) is 4.98 Å². The van der Waals surface area contributed by atoms with Crippen molar-refractivity contribution in [2.75, 3.05) is 11.5 Å². The number of ketones is 1. The zero-order valence-electron chi connectivity index (χ0n) is 15.2. The van der Waals surface area contributed by atoms with Gasteiger partial charge in [0.05, 0.1) is 5.75 Å². The van der Waals surface area contributed by atoms with Gasteiger partial charge in [0.15, 0.2) is 10.9 Å². The van der Waals surface area contributed by atoms with Gasteiger partial charge in [0.2, 0.25) is 0 Å². The molecule has 9 heteroatoms. The molecule has 8 nitrogen and oxygen atoms in total. The van der Waals surface area contributed by atoms with Crippen molar-refractivity contribution in [3.8, 4) is 5.69 Å². The van der Waals surface area contributed by atoms with Crippen LogP contribution in [-0.2, 0) is 14.1 Å². The number of carbonyl (C=O) groups excluding carboxylic acids is 1. The summed E-state index contributed by atoms with van der Waals surface area (Å²) in [7, 11) is 2.74. The third kappa shape index (κ3) is 3.45. The first kappa shape index (κ1) is 18.7. The maximum absolute atomic E-state index is 12.6. The summed E-state index contributed by atoms with van der Waals surface area (Å²) in [6.07, 6.45) is 3.45. The van der Waals surface area contributed by atoms with E-state index in [9.17, 15) is 14.4 Å². The largest absolute Gasteiger partial charge is 0.384 e. The molecule has 0 unspecified atom stereocenters. The van der Waals surface area contributed by atoms with Crippen LogP contribution in [0.25, 0.3) is 5.69 Å². The molecule has 0 saturated heterocycles. The fraction of sp³-hybridized carbons (Fsp3) is 0.222. The lowest BCUT2D eigenvalue weighted by Gasteiger charge is -2.11. The second-order valence-corrected chi connectivity index (χ2v) is 7.04. The minimum Gasteiger partial charge on any atom is -0.384 e. The van der Waals surface area contributed by atoms with Gasteiger partial charge in [0.1, 0.15) is 11.4 Å². The van der Waals surface area contributed by atoms with Gasteiger partial charge in [-0.15, -0.1) is 0 Å². The molecule has 0 spiro atoms. The Labute approximate surface area is 159 Å². The Kier molecular flexibility index (Phi) is 5.04. The van der Waals surface area contributed by atoms with Gasteiger partial charge in [-0.05, 0) is 24.6 Å². The fourth-order valence-electron chi connectivity index (χ4n) is 2.70. The summed E-state index contributed by atoms with van der Waals surface area (Å²) >= 11 is 1.20. The number of nitrogen functional groups attached to an aromatic ring is 1. The van der Waals surface area contributed by atoms with Gasteiger partial charge in [-0.1, -0.05) is 23.9 Å². The van der Waals surface area contributed by atoms with Gasteiger partial charge in [-0.2, -0.15) is 0 Å². The third-order valence-corrected chi connectivity index (χ3v) is 5.17. The summed E-state index contributed by atoms with van der Waals surface area (Å²) in [6.45, 7) is 2.00. The first-order valence-electron chi connectivity index (χ1n) is 8.13. The molecule has 1 aromatic carbocycles. The third-order valence-electron chi connectivity index (χ3n) is 4.21. The number of imidazole rings is 1. The Morgan fingerprint density at radius 2 is 1.96 bits per heavy atom. The van der Waals surface area contributed by atoms with Crippen LogP contribution in [-0.4, -0.2) is 30.2 Å². The summed E-state index contributed by atoms with van der Waals surface area (Å²) in [4.78, 5) is 41.1. The van der Waals surface area contributed by atoms with Gasteiger partial charge in [0, 0.05) is 32.2 Å². The van der Waals surface area contributed by atoms with Crippen LogP contribution in [0.5, 0.6) is 0 Å². The van der Waals surface area contributed by atoms with Crippen molar-refractivity contribution in [1.29, 1.82) is 0 Å². The monoisotopic (exact) mass is 385 g/mol. The Bertz CT molecular complexity index is 1140. The molecular weight excluding hydrogens is 366 g/mol. The molecule has 140 valence electrons. The van der Waals surface area contributed by atoms with E-state index in [0.717, 1.165) is 20.4 Å². The zero-order chi connectivity index (χ0) is 19.7. The molecule has 0 aliphatic carbocycles. The lowest BCUT2D eigenvalue weighted by molar-refractivity contribution is 0.102. The minimum absolute atomic E-state index is 0.0273. The smallest absolute Gasteiger partial charge is 0.332 e. The van der Waals surface area contributed by atoms with Crippen molar-refractivity contribution in [3.05, 3.63) is 68.6 Å². The van der Waals surface area contributed by atoms with Crippen molar-refractivity contribution in [2.24, 2.45) is 14.1 Å². The summed E-state index contributed by atoms with van der Waals surface area (Å²) in [5.74, 6) is -0.608. The van der Waals surface area contributed by atoms with E-state index in [-0.39, 0.29) is 17.1 Å². The molecule has 0 saturated carbocycles. The standard InChI is InChI=1S/C18H19N5O3S/c1-11-5-4-6-12(9-11)23-8-7-20-17(23)27-10-13(24)14-15(19)21(2)18(26)22(3)16(14)25/h4-9H,10,19H2,1-3H3. The number of aryl methyl sites for hydroxylation is 1. The van der Waals surface area contributed by atoms with Crippen molar-refractivity contribution >= 4 is 23.4 Å². The van der Waals surface area contributed by atoms with E-state index >= 15 is 0 Å². The van der Waals surface area contributed by atoms with Crippen molar-refractivity contribution < 1.29 is 4.79 Å². The highest BCUT2D eigenvalue weighted by Crippen LogP contribution is 2.22. The normalized spacial score (nSPS) is 10.9. The Hall–Kier alpha value is -3.07. The number of rotatable bonds is 5. The highest BCUT2D eigenvalue weighted by Gasteiger charge is 2.21. The SMILES string of the molecule is Cc1cccc(-n2ccnc2SCC(=O)c2c(N)n(C)c(=O)n(C)c2=O)c1. The van der Waals surface area contributed by atoms with E-state index in [4.69, 9.17) is 5.73 Å². The molecule has 0 aliphatic rings. The molecule has 0 amide bonds. The molecule has 2 N–H and O–H groups in total. The van der Waals surface area contributed by atoms with Gasteiger partial charge >= 0.3 is 5.69 Å². The average Bonchev–Trinajstić information content (AvgIpc) is 3.12. The van der Waals surface area contributed by atoms with Gasteiger partial charge in [-0.3, -0.25) is 23.3 Å². The van der Waals surface area contributed by atoms with E-state index in [1.165, 1.54) is 25.9 Å². The van der Waals surface area contributed by atoms with Gasteiger partial charge in [0.25, 0.3) is 5.56 Å². The Morgan fingerprint density at radius 3 is 2.67 bits per heavy atom. The van der Waals surface area contributed by atoms with E-state index < -0.39 is 17.0 Å². The molecule has 3 rings (SSSR count).